The Kier molecular flexibility index (Phi) is 3.97. The van der Waals surface area contributed by atoms with Crippen LogP contribution in [0.15, 0.2) is 24.5 Å². The van der Waals surface area contributed by atoms with E-state index in [0.717, 1.165) is 5.56 Å². The topological polar surface area (TPSA) is 83.6 Å². The minimum Gasteiger partial charge on any atom is -0.293 e. The summed E-state index contributed by atoms with van der Waals surface area (Å²) in [4.78, 5) is 18.6. The van der Waals surface area contributed by atoms with Crippen molar-refractivity contribution in [2.45, 2.75) is 19.0 Å². The van der Waals surface area contributed by atoms with Crippen LogP contribution in [-0.4, -0.2) is 26.1 Å². The second-order valence-electron chi connectivity index (χ2n) is 3.91. The lowest BCUT2D eigenvalue weighted by atomic mass is 10.1. The van der Waals surface area contributed by atoms with Gasteiger partial charge in [0.1, 0.15) is 0 Å². The average Bonchev–Trinajstić information content (AvgIpc) is 2.86. The second-order valence-corrected chi connectivity index (χ2v) is 3.91. The number of H-pyrrole nitrogens is 1. The molecule has 106 valence electrons. The first-order chi connectivity index (χ1) is 9.45. The van der Waals surface area contributed by atoms with Gasteiger partial charge in [-0.25, -0.2) is 0 Å². The molecular formula is C11H10F3N5O. The molecule has 0 bridgehead atoms. The van der Waals surface area contributed by atoms with E-state index in [1.807, 2.05) is 0 Å². The fraction of sp³-hybridized carbons (Fsp3) is 0.273. The molecule has 0 atom stereocenters. The van der Waals surface area contributed by atoms with Crippen molar-refractivity contribution in [2.75, 3.05) is 5.32 Å². The summed E-state index contributed by atoms with van der Waals surface area (Å²) in [6, 6.07) is 3.53. The van der Waals surface area contributed by atoms with E-state index in [1.165, 1.54) is 0 Å². The van der Waals surface area contributed by atoms with Gasteiger partial charge in [-0.2, -0.15) is 18.2 Å². The molecule has 0 aromatic carbocycles. The molecule has 2 aromatic rings. The number of carbonyl (C=O) groups excluding carboxylic acids is 1. The third-order valence-electron chi connectivity index (χ3n) is 2.37. The highest BCUT2D eigenvalue weighted by atomic mass is 19.4. The lowest BCUT2D eigenvalue weighted by Crippen LogP contribution is -2.14. The van der Waals surface area contributed by atoms with Crippen molar-refractivity contribution >= 4 is 11.9 Å². The average molecular weight is 285 g/mol. The number of halogens is 3. The number of aryl methyl sites for hydroxylation is 1. The number of aromatic amines is 1. The van der Waals surface area contributed by atoms with Crippen LogP contribution in [0.1, 0.15) is 17.8 Å². The molecule has 0 aliphatic rings. The predicted octanol–water partition coefficient (Wildman–Crippen LogP) is 1.79. The zero-order valence-corrected chi connectivity index (χ0v) is 10.1. The van der Waals surface area contributed by atoms with Gasteiger partial charge in [-0.05, 0) is 18.1 Å². The number of amides is 1. The third kappa shape index (κ3) is 3.77. The van der Waals surface area contributed by atoms with Crippen LogP contribution in [0.5, 0.6) is 0 Å². The lowest BCUT2D eigenvalue weighted by Gasteiger charge is -2.01. The molecule has 0 unspecified atom stereocenters. The van der Waals surface area contributed by atoms with E-state index in [1.54, 1.807) is 29.6 Å². The van der Waals surface area contributed by atoms with E-state index in [9.17, 15) is 18.0 Å². The van der Waals surface area contributed by atoms with Gasteiger partial charge in [-0.15, -0.1) is 5.10 Å². The van der Waals surface area contributed by atoms with Crippen LogP contribution in [0, 0.1) is 0 Å². The lowest BCUT2D eigenvalue weighted by molar-refractivity contribution is -0.144. The molecule has 0 saturated heterocycles. The molecule has 0 fully saturated rings. The standard InChI is InChI=1S/C11H10F3N5O/c12-11(13,14)9-17-10(19-18-9)16-8(20)4-3-7-2-1-5-15-6-7/h1-2,5-6H,3-4H2,(H2,16,17,18,19,20). The van der Waals surface area contributed by atoms with Gasteiger partial charge in [0.25, 0.3) is 0 Å². The van der Waals surface area contributed by atoms with Crippen LogP contribution in [0.25, 0.3) is 0 Å². The number of hydrogen-bond acceptors (Lipinski definition) is 4. The number of anilines is 1. The van der Waals surface area contributed by atoms with Gasteiger partial charge in [0.2, 0.25) is 17.7 Å². The molecule has 0 aliphatic carbocycles. The van der Waals surface area contributed by atoms with E-state index in [-0.39, 0.29) is 6.42 Å². The Morgan fingerprint density at radius 3 is 2.80 bits per heavy atom. The molecule has 1 amide bonds. The Balaban J connectivity index is 1.87. The molecule has 20 heavy (non-hydrogen) atoms. The zero-order chi connectivity index (χ0) is 14.6. The highest BCUT2D eigenvalue weighted by molar-refractivity contribution is 5.88. The fourth-order valence-corrected chi connectivity index (χ4v) is 1.44. The number of hydrogen-bond donors (Lipinski definition) is 2. The molecule has 0 aliphatic heterocycles. The van der Waals surface area contributed by atoms with Gasteiger partial charge in [-0.1, -0.05) is 6.07 Å². The molecular weight excluding hydrogens is 275 g/mol. The first-order valence-electron chi connectivity index (χ1n) is 5.63. The minimum absolute atomic E-state index is 0.0988. The zero-order valence-electron chi connectivity index (χ0n) is 10.1. The summed E-state index contributed by atoms with van der Waals surface area (Å²) in [5.74, 6) is -2.12. The summed E-state index contributed by atoms with van der Waals surface area (Å²) in [5.41, 5.74) is 0.855. The Labute approximate surface area is 111 Å². The summed E-state index contributed by atoms with van der Waals surface area (Å²) in [6.45, 7) is 0. The van der Waals surface area contributed by atoms with Crippen molar-refractivity contribution in [1.29, 1.82) is 0 Å². The van der Waals surface area contributed by atoms with Crippen molar-refractivity contribution in [3.05, 3.63) is 35.9 Å². The molecule has 2 aromatic heterocycles. The van der Waals surface area contributed by atoms with Gasteiger partial charge in [0, 0.05) is 18.8 Å². The van der Waals surface area contributed by atoms with Gasteiger partial charge in [0.05, 0.1) is 0 Å². The molecule has 9 heteroatoms. The number of nitrogens with one attached hydrogen (secondary N) is 2. The van der Waals surface area contributed by atoms with Crippen LogP contribution in [0.3, 0.4) is 0 Å². The molecule has 0 radical (unpaired) electrons. The van der Waals surface area contributed by atoms with Crippen molar-refractivity contribution in [1.82, 2.24) is 20.2 Å². The maximum Gasteiger partial charge on any atom is 0.451 e. The Bertz CT molecular complexity index is 581. The first kappa shape index (κ1) is 14.0. The second kappa shape index (κ2) is 5.68. The normalized spacial score (nSPS) is 11.3. The summed E-state index contributed by atoms with van der Waals surface area (Å²) < 4.78 is 36.8. The highest BCUT2D eigenvalue weighted by Gasteiger charge is 2.35. The van der Waals surface area contributed by atoms with Crippen LogP contribution in [0.4, 0.5) is 19.1 Å². The molecule has 0 spiro atoms. The number of pyridine rings is 1. The molecule has 6 nitrogen and oxygen atoms in total. The Hall–Kier alpha value is -2.45. The minimum atomic E-state index is -4.62. The van der Waals surface area contributed by atoms with E-state index < -0.39 is 23.9 Å². The van der Waals surface area contributed by atoms with Gasteiger partial charge >= 0.3 is 6.18 Å². The summed E-state index contributed by atoms with van der Waals surface area (Å²) in [5, 5.41) is 7.18. The van der Waals surface area contributed by atoms with Crippen LogP contribution < -0.4 is 5.32 Å². The Morgan fingerprint density at radius 1 is 1.40 bits per heavy atom. The molecule has 2 rings (SSSR count). The number of nitrogens with zero attached hydrogens (tertiary/aromatic N) is 3. The molecule has 2 N–H and O–H groups in total. The molecule has 0 saturated carbocycles. The van der Waals surface area contributed by atoms with Crippen molar-refractivity contribution in [3.8, 4) is 0 Å². The SMILES string of the molecule is O=C(CCc1cccnc1)Nc1n[nH]c(C(F)(F)F)n1. The van der Waals surface area contributed by atoms with Gasteiger partial charge < -0.3 is 0 Å². The maximum absolute atomic E-state index is 12.3. The largest absolute Gasteiger partial charge is 0.451 e. The van der Waals surface area contributed by atoms with Crippen LogP contribution in [-0.2, 0) is 17.4 Å². The molecule has 2 heterocycles. The highest BCUT2D eigenvalue weighted by Crippen LogP contribution is 2.26. The summed E-state index contributed by atoms with van der Waals surface area (Å²) >= 11 is 0. The Morgan fingerprint density at radius 2 is 2.20 bits per heavy atom. The predicted molar refractivity (Wildman–Crippen MR) is 62.6 cm³/mol. The van der Waals surface area contributed by atoms with Gasteiger partial charge in [0.15, 0.2) is 0 Å². The van der Waals surface area contributed by atoms with Crippen molar-refractivity contribution in [3.63, 3.8) is 0 Å². The third-order valence-corrected chi connectivity index (χ3v) is 2.37. The van der Waals surface area contributed by atoms with E-state index in [0.29, 0.717) is 6.42 Å². The smallest absolute Gasteiger partial charge is 0.293 e. The summed E-state index contributed by atoms with van der Waals surface area (Å²) in [7, 11) is 0. The van der Waals surface area contributed by atoms with E-state index >= 15 is 0 Å². The van der Waals surface area contributed by atoms with Crippen LogP contribution in [0.2, 0.25) is 0 Å². The van der Waals surface area contributed by atoms with E-state index in [2.05, 4.69) is 20.4 Å². The number of alkyl halides is 3. The quantitative estimate of drug-likeness (QED) is 0.897. The maximum atomic E-state index is 12.3. The van der Waals surface area contributed by atoms with Crippen LogP contribution >= 0.6 is 0 Å². The number of aromatic nitrogens is 4. The number of rotatable bonds is 4. The fourth-order valence-electron chi connectivity index (χ4n) is 1.44. The summed E-state index contributed by atoms with van der Waals surface area (Å²) in [6.07, 6.45) is -0.874. The van der Waals surface area contributed by atoms with Gasteiger partial charge in [-0.3, -0.25) is 20.2 Å². The van der Waals surface area contributed by atoms with Crippen molar-refractivity contribution < 1.29 is 18.0 Å². The monoisotopic (exact) mass is 285 g/mol. The van der Waals surface area contributed by atoms with Crippen molar-refractivity contribution in [2.24, 2.45) is 0 Å². The first-order valence-corrected chi connectivity index (χ1v) is 5.63. The number of carbonyl (C=O) groups is 1. The van der Waals surface area contributed by atoms with E-state index in [4.69, 9.17) is 0 Å².